The number of rotatable bonds is 8. The van der Waals surface area contributed by atoms with Crippen LogP contribution in [0.1, 0.15) is 45.1 Å². The van der Waals surface area contributed by atoms with E-state index >= 15 is 0 Å². The van der Waals surface area contributed by atoms with Gasteiger partial charge < -0.3 is 10.6 Å². The van der Waals surface area contributed by atoms with Crippen LogP contribution in [-0.4, -0.2) is 16.0 Å². The number of benzene rings is 2. The third kappa shape index (κ3) is 5.47. The highest BCUT2D eigenvalue weighted by molar-refractivity contribution is 8.03. The lowest BCUT2D eigenvalue weighted by atomic mass is 10.2. The van der Waals surface area contributed by atoms with Gasteiger partial charge in [0.1, 0.15) is 5.82 Å². The average Bonchev–Trinajstić information content (AvgIpc) is 3.31. The minimum atomic E-state index is 0.508. The van der Waals surface area contributed by atoms with Crippen molar-refractivity contribution in [2.75, 3.05) is 10.6 Å². The van der Waals surface area contributed by atoms with E-state index in [1.807, 2.05) is 13.0 Å². The number of hydrogen-bond acceptors (Lipinski definition) is 5. The van der Waals surface area contributed by atoms with Gasteiger partial charge >= 0.3 is 0 Å². The number of anilines is 2. The van der Waals surface area contributed by atoms with Gasteiger partial charge in [0.15, 0.2) is 0 Å². The Hall–Kier alpha value is -2.79. The van der Waals surface area contributed by atoms with Crippen molar-refractivity contribution in [3.05, 3.63) is 77.2 Å². The van der Waals surface area contributed by atoms with Gasteiger partial charge in [0.05, 0.1) is 5.52 Å². The highest BCUT2D eigenvalue weighted by Crippen LogP contribution is 2.31. The molecule has 4 rings (SSSR count). The first kappa shape index (κ1) is 21.4. The predicted molar refractivity (Wildman–Crippen MR) is 134 cm³/mol. The van der Waals surface area contributed by atoms with Gasteiger partial charge in [-0.2, -0.15) is 4.98 Å². The molecule has 1 saturated carbocycles. The Kier molecular flexibility index (Phi) is 7.26. The molecule has 1 aliphatic rings. The molecule has 0 amide bonds. The number of nitrogens with zero attached hydrogens (tertiary/aromatic N) is 2. The van der Waals surface area contributed by atoms with Crippen LogP contribution in [0.25, 0.3) is 10.9 Å². The highest BCUT2D eigenvalue weighted by Gasteiger charge is 2.17. The van der Waals surface area contributed by atoms with Crippen molar-refractivity contribution in [1.29, 1.82) is 0 Å². The lowest BCUT2D eigenvalue weighted by molar-refractivity contribution is 0.751. The fraction of sp³-hybridized carbons (Fsp3) is 0.308. The van der Waals surface area contributed by atoms with Crippen LogP contribution in [0.15, 0.2) is 76.6 Å². The summed E-state index contributed by atoms with van der Waals surface area (Å²) in [6.07, 6.45) is 11.4. The molecular formula is C26H30N4S. The van der Waals surface area contributed by atoms with Gasteiger partial charge in [-0.3, -0.25) is 0 Å². The first-order valence-corrected chi connectivity index (χ1v) is 11.9. The third-order valence-electron chi connectivity index (χ3n) is 5.55. The second kappa shape index (κ2) is 10.5. The maximum Gasteiger partial charge on any atom is 0.225 e. The van der Waals surface area contributed by atoms with Crippen LogP contribution in [0.3, 0.4) is 0 Å². The summed E-state index contributed by atoms with van der Waals surface area (Å²) in [5.41, 5.74) is 2.20. The van der Waals surface area contributed by atoms with Gasteiger partial charge in [0.25, 0.3) is 0 Å². The highest BCUT2D eigenvalue weighted by atomic mass is 32.2. The molecule has 3 aromatic rings. The standard InChI is InChI=1S/C26H30N4S/c1-3-11-21(4-2)31-24-17-10-5-12-19(24)18-27-26-29-23-16-9-8-15-22(23)25(30-26)28-20-13-6-7-14-20/h3-5,8-12,15-17,20H,6-7,13-14,18H2,1-2H3,(H2,27,28,29,30)/b11-3-,21-4+. The molecule has 1 heterocycles. The van der Waals surface area contributed by atoms with E-state index in [2.05, 4.69) is 78.2 Å². The number of allylic oxidation sites excluding steroid dienone is 3. The minimum Gasteiger partial charge on any atom is -0.367 e. The summed E-state index contributed by atoms with van der Waals surface area (Å²) in [6.45, 7) is 4.80. The molecule has 31 heavy (non-hydrogen) atoms. The first-order valence-electron chi connectivity index (χ1n) is 11.1. The maximum atomic E-state index is 4.85. The Labute approximate surface area is 189 Å². The van der Waals surface area contributed by atoms with Crippen LogP contribution >= 0.6 is 11.8 Å². The van der Waals surface area contributed by atoms with Gasteiger partial charge in [-0.05, 0) is 50.5 Å². The molecule has 0 spiro atoms. The van der Waals surface area contributed by atoms with E-state index in [9.17, 15) is 0 Å². The summed E-state index contributed by atoms with van der Waals surface area (Å²) >= 11 is 1.78. The lowest BCUT2D eigenvalue weighted by Gasteiger charge is -2.16. The topological polar surface area (TPSA) is 49.8 Å². The van der Waals surface area contributed by atoms with E-state index in [4.69, 9.17) is 9.97 Å². The van der Waals surface area contributed by atoms with Crippen molar-refractivity contribution < 1.29 is 0 Å². The van der Waals surface area contributed by atoms with Crippen LogP contribution in [0.4, 0.5) is 11.8 Å². The Morgan fingerprint density at radius 3 is 2.61 bits per heavy atom. The summed E-state index contributed by atoms with van der Waals surface area (Å²) in [4.78, 5) is 12.1. The Morgan fingerprint density at radius 2 is 1.81 bits per heavy atom. The van der Waals surface area contributed by atoms with E-state index in [1.165, 1.54) is 41.0 Å². The quantitative estimate of drug-likeness (QED) is 0.293. The Balaban J connectivity index is 1.55. The molecule has 1 aromatic heterocycles. The van der Waals surface area contributed by atoms with Crippen molar-refractivity contribution in [2.45, 2.75) is 57.0 Å². The molecule has 0 bridgehead atoms. The molecule has 2 N–H and O–H groups in total. The summed E-state index contributed by atoms with van der Waals surface area (Å²) in [5, 5.41) is 8.22. The molecule has 5 heteroatoms. The second-order valence-corrected chi connectivity index (χ2v) is 8.91. The summed E-state index contributed by atoms with van der Waals surface area (Å²) in [6, 6.07) is 17.3. The maximum absolute atomic E-state index is 4.85. The fourth-order valence-electron chi connectivity index (χ4n) is 3.93. The number of aromatic nitrogens is 2. The molecule has 160 valence electrons. The van der Waals surface area contributed by atoms with Crippen LogP contribution in [0, 0.1) is 0 Å². The molecule has 0 atom stereocenters. The van der Waals surface area contributed by atoms with Gasteiger partial charge in [-0.1, -0.05) is 73.2 Å². The first-order chi connectivity index (χ1) is 15.3. The fourth-order valence-corrected chi connectivity index (χ4v) is 4.93. The summed E-state index contributed by atoms with van der Waals surface area (Å²) in [7, 11) is 0. The van der Waals surface area contributed by atoms with Crippen LogP contribution in [-0.2, 0) is 6.54 Å². The van der Waals surface area contributed by atoms with Crippen LogP contribution < -0.4 is 10.6 Å². The molecule has 0 saturated heterocycles. The number of hydrogen-bond donors (Lipinski definition) is 2. The minimum absolute atomic E-state index is 0.508. The number of thioether (sulfide) groups is 1. The van der Waals surface area contributed by atoms with Crippen LogP contribution in [0.5, 0.6) is 0 Å². The van der Waals surface area contributed by atoms with Crippen molar-refractivity contribution in [1.82, 2.24) is 9.97 Å². The zero-order valence-electron chi connectivity index (χ0n) is 18.3. The molecule has 4 nitrogen and oxygen atoms in total. The van der Waals surface area contributed by atoms with Crippen molar-refractivity contribution in [3.63, 3.8) is 0 Å². The zero-order chi connectivity index (χ0) is 21.5. The monoisotopic (exact) mass is 430 g/mol. The zero-order valence-corrected chi connectivity index (χ0v) is 19.1. The van der Waals surface area contributed by atoms with E-state index in [-0.39, 0.29) is 0 Å². The Bertz CT molecular complexity index is 1080. The van der Waals surface area contributed by atoms with E-state index < -0.39 is 0 Å². The van der Waals surface area contributed by atoms with Crippen molar-refractivity contribution in [3.8, 4) is 0 Å². The lowest BCUT2D eigenvalue weighted by Crippen LogP contribution is -2.17. The summed E-state index contributed by atoms with van der Waals surface area (Å²) < 4.78 is 0. The van der Waals surface area contributed by atoms with E-state index in [0.717, 1.165) is 16.7 Å². The van der Waals surface area contributed by atoms with Crippen molar-refractivity contribution >= 4 is 34.4 Å². The van der Waals surface area contributed by atoms with E-state index in [0.29, 0.717) is 18.5 Å². The smallest absolute Gasteiger partial charge is 0.225 e. The van der Waals surface area contributed by atoms with Crippen molar-refractivity contribution in [2.24, 2.45) is 0 Å². The molecule has 2 aromatic carbocycles. The number of para-hydroxylation sites is 1. The van der Waals surface area contributed by atoms with Crippen LogP contribution in [0.2, 0.25) is 0 Å². The molecular weight excluding hydrogens is 400 g/mol. The Morgan fingerprint density at radius 1 is 1.03 bits per heavy atom. The molecule has 0 aliphatic heterocycles. The number of fused-ring (bicyclic) bond motifs is 1. The SMILES string of the molecule is C/C=C\C(=C/C)Sc1ccccc1CNc1nc(NC2CCCC2)c2ccccc2n1. The summed E-state index contributed by atoms with van der Waals surface area (Å²) in [5.74, 6) is 1.60. The largest absolute Gasteiger partial charge is 0.367 e. The third-order valence-corrected chi connectivity index (χ3v) is 6.78. The normalized spacial score (nSPS) is 15.1. The van der Waals surface area contributed by atoms with Gasteiger partial charge in [0.2, 0.25) is 5.95 Å². The number of nitrogens with one attached hydrogen (secondary N) is 2. The van der Waals surface area contributed by atoms with Gasteiger partial charge in [-0.25, -0.2) is 4.98 Å². The molecule has 0 radical (unpaired) electrons. The molecule has 0 unspecified atom stereocenters. The van der Waals surface area contributed by atoms with Gasteiger partial charge in [0, 0.05) is 27.8 Å². The van der Waals surface area contributed by atoms with Gasteiger partial charge in [-0.15, -0.1) is 0 Å². The molecule has 1 aliphatic carbocycles. The molecule has 1 fully saturated rings. The second-order valence-electron chi connectivity index (χ2n) is 7.79. The predicted octanol–water partition coefficient (Wildman–Crippen LogP) is 7.17. The van der Waals surface area contributed by atoms with E-state index in [1.54, 1.807) is 11.8 Å². The average molecular weight is 431 g/mol.